The van der Waals surface area contributed by atoms with Crippen LogP contribution in [-0.2, 0) is 20.8 Å². The molecule has 0 bridgehead atoms. The number of nitrogens with zero attached hydrogens (tertiary/aromatic N) is 2. The molecule has 0 unspecified atom stereocenters. The second-order valence-electron chi connectivity index (χ2n) is 10.6. The summed E-state index contributed by atoms with van der Waals surface area (Å²) in [5.74, 6) is -0.396. The highest BCUT2D eigenvalue weighted by atomic mass is 32.2. The Morgan fingerprint density at radius 3 is 2.39 bits per heavy atom. The van der Waals surface area contributed by atoms with Gasteiger partial charge in [-0.25, -0.2) is 8.42 Å². The topological polar surface area (TPSA) is 57.7 Å². The summed E-state index contributed by atoms with van der Waals surface area (Å²) in [5.41, 5.74) is 0.244. The van der Waals surface area contributed by atoms with Crippen LogP contribution in [0.1, 0.15) is 71.4 Å². The quantitative estimate of drug-likeness (QED) is 0.453. The highest BCUT2D eigenvalue weighted by Gasteiger charge is 2.41. The average Bonchev–Trinajstić information content (AvgIpc) is 2.79. The number of halogens is 3. The van der Waals surface area contributed by atoms with E-state index in [0.29, 0.717) is 43.0 Å². The minimum atomic E-state index is -4.45. The molecule has 9 heteroatoms. The molecule has 3 rings (SSSR count). The van der Waals surface area contributed by atoms with Crippen molar-refractivity contribution in [2.45, 2.75) is 89.9 Å². The summed E-state index contributed by atoms with van der Waals surface area (Å²) in [5, 5.41) is -0.490. The summed E-state index contributed by atoms with van der Waals surface area (Å²) in [6.45, 7) is 11.0. The third kappa shape index (κ3) is 6.52. The summed E-state index contributed by atoms with van der Waals surface area (Å²) in [7, 11) is -3.31. The van der Waals surface area contributed by atoms with Gasteiger partial charge >= 0.3 is 6.18 Å². The van der Waals surface area contributed by atoms with Gasteiger partial charge in [0.25, 0.3) is 0 Å². The maximum absolute atomic E-state index is 13.3. The van der Waals surface area contributed by atoms with Crippen LogP contribution in [0.2, 0.25) is 0 Å². The van der Waals surface area contributed by atoms with Crippen molar-refractivity contribution in [3.63, 3.8) is 0 Å². The molecule has 0 saturated heterocycles. The lowest BCUT2D eigenvalue weighted by atomic mass is 9.80. The predicted octanol–water partition coefficient (Wildman–Crippen LogP) is 5.41. The molecular formula is C27H39F3N2O3S. The van der Waals surface area contributed by atoms with E-state index in [9.17, 15) is 26.4 Å². The SMILES string of the molecule is CCN(C(C)C)[C@@H]1CC[C@H](N2CCC(c3cccc(C(F)(F)F)c3)=CC2=O)[C@@H](CS(=O)(=O)C(C)C)C1. The van der Waals surface area contributed by atoms with Crippen LogP contribution >= 0.6 is 0 Å². The van der Waals surface area contributed by atoms with E-state index in [2.05, 4.69) is 25.7 Å². The molecule has 1 amide bonds. The van der Waals surface area contributed by atoms with Gasteiger partial charge in [0, 0.05) is 30.7 Å². The van der Waals surface area contributed by atoms with Gasteiger partial charge in [-0.05, 0) is 89.1 Å². The molecular weight excluding hydrogens is 489 g/mol. The maximum atomic E-state index is 13.3. The maximum Gasteiger partial charge on any atom is 0.416 e. The summed E-state index contributed by atoms with van der Waals surface area (Å²) < 4.78 is 65.3. The van der Waals surface area contributed by atoms with Crippen LogP contribution in [0.15, 0.2) is 30.3 Å². The van der Waals surface area contributed by atoms with E-state index in [1.54, 1.807) is 24.8 Å². The highest BCUT2D eigenvalue weighted by molar-refractivity contribution is 7.91. The standard InChI is InChI=1S/C27H39F3N2O3S/c1-6-31(18(2)3)24-10-11-25(22(15-24)17-36(34,35)19(4)5)32-13-12-21(16-26(32)33)20-8-7-9-23(14-20)27(28,29)30/h7-9,14,16,18-19,22,24-25H,6,10-13,15,17H2,1-5H3/t22-,24-,25+/m1/s1. The number of benzene rings is 1. The first-order valence-corrected chi connectivity index (χ1v) is 14.6. The van der Waals surface area contributed by atoms with Crippen LogP contribution in [0, 0.1) is 5.92 Å². The smallest absolute Gasteiger partial charge is 0.336 e. The Morgan fingerprint density at radius 2 is 1.83 bits per heavy atom. The largest absolute Gasteiger partial charge is 0.416 e. The Bertz CT molecular complexity index is 1070. The lowest BCUT2D eigenvalue weighted by Crippen LogP contribution is -2.54. The monoisotopic (exact) mass is 528 g/mol. The Hall–Kier alpha value is -1.87. The van der Waals surface area contributed by atoms with Crippen LogP contribution in [-0.4, -0.2) is 66.3 Å². The van der Waals surface area contributed by atoms with Gasteiger partial charge < -0.3 is 4.90 Å². The van der Waals surface area contributed by atoms with Gasteiger partial charge in [0.2, 0.25) is 5.91 Å². The van der Waals surface area contributed by atoms with Crippen molar-refractivity contribution in [1.82, 2.24) is 9.80 Å². The van der Waals surface area contributed by atoms with E-state index in [-0.39, 0.29) is 29.7 Å². The van der Waals surface area contributed by atoms with Crippen LogP contribution in [0.25, 0.3) is 5.57 Å². The second-order valence-corrected chi connectivity index (χ2v) is 13.2. The van der Waals surface area contributed by atoms with Crippen molar-refractivity contribution >= 4 is 21.3 Å². The Balaban J connectivity index is 1.85. The van der Waals surface area contributed by atoms with Crippen molar-refractivity contribution in [2.75, 3.05) is 18.8 Å². The van der Waals surface area contributed by atoms with Gasteiger partial charge in [0.05, 0.1) is 16.6 Å². The van der Waals surface area contributed by atoms with Crippen molar-refractivity contribution < 1.29 is 26.4 Å². The lowest BCUT2D eigenvalue weighted by molar-refractivity contribution is -0.137. The number of sulfone groups is 1. The minimum Gasteiger partial charge on any atom is -0.336 e. The van der Waals surface area contributed by atoms with E-state index < -0.39 is 26.8 Å². The Labute approximate surface area is 213 Å². The number of alkyl halides is 3. The summed E-state index contributed by atoms with van der Waals surface area (Å²) in [4.78, 5) is 17.4. The number of amides is 1. The molecule has 5 nitrogen and oxygen atoms in total. The van der Waals surface area contributed by atoms with Gasteiger partial charge in [-0.1, -0.05) is 19.1 Å². The zero-order valence-electron chi connectivity index (χ0n) is 21.9. The van der Waals surface area contributed by atoms with E-state index in [0.717, 1.165) is 25.1 Å². The van der Waals surface area contributed by atoms with Crippen LogP contribution < -0.4 is 0 Å². The van der Waals surface area contributed by atoms with Crippen molar-refractivity contribution in [3.8, 4) is 0 Å². The molecule has 1 aliphatic carbocycles. The third-order valence-electron chi connectivity index (χ3n) is 7.74. The molecule has 1 aliphatic heterocycles. The average molecular weight is 529 g/mol. The molecule has 0 radical (unpaired) electrons. The van der Waals surface area contributed by atoms with Crippen molar-refractivity contribution in [1.29, 1.82) is 0 Å². The molecule has 2 aliphatic rings. The number of hydrogen-bond acceptors (Lipinski definition) is 4. The van der Waals surface area contributed by atoms with E-state index in [4.69, 9.17) is 0 Å². The number of rotatable bonds is 8. The van der Waals surface area contributed by atoms with Crippen molar-refractivity contribution in [2.24, 2.45) is 5.92 Å². The molecule has 36 heavy (non-hydrogen) atoms. The fourth-order valence-corrected chi connectivity index (χ4v) is 7.10. The number of hydrogen-bond donors (Lipinski definition) is 0. The first-order chi connectivity index (χ1) is 16.7. The third-order valence-corrected chi connectivity index (χ3v) is 10.1. The Morgan fingerprint density at radius 1 is 1.14 bits per heavy atom. The molecule has 0 spiro atoms. The molecule has 1 heterocycles. The molecule has 3 atom stereocenters. The first kappa shape index (κ1) is 28.7. The lowest BCUT2D eigenvalue weighted by Gasteiger charge is -2.47. The van der Waals surface area contributed by atoms with Crippen LogP contribution in [0.4, 0.5) is 13.2 Å². The highest BCUT2D eigenvalue weighted by Crippen LogP contribution is 2.37. The van der Waals surface area contributed by atoms with Gasteiger partial charge in [0.1, 0.15) is 0 Å². The Kier molecular flexibility index (Phi) is 8.97. The van der Waals surface area contributed by atoms with E-state index in [1.807, 2.05) is 0 Å². The molecule has 0 N–H and O–H groups in total. The second kappa shape index (κ2) is 11.3. The van der Waals surface area contributed by atoms with E-state index in [1.165, 1.54) is 12.1 Å². The van der Waals surface area contributed by atoms with Gasteiger partial charge in [0.15, 0.2) is 9.84 Å². The molecule has 1 aromatic carbocycles. The normalized spacial score (nSPS) is 24.1. The van der Waals surface area contributed by atoms with Gasteiger partial charge in [-0.3, -0.25) is 9.69 Å². The van der Waals surface area contributed by atoms with Gasteiger partial charge in [-0.2, -0.15) is 13.2 Å². The molecule has 202 valence electrons. The molecule has 1 fully saturated rings. The summed E-state index contributed by atoms with van der Waals surface area (Å²) in [6.07, 6.45) is -0.281. The predicted molar refractivity (Wildman–Crippen MR) is 137 cm³/mol. The van der Waals surface area contributed by atoms with Crippen LogP contribution in [0.5, 0.6) is 0 Å². The van der Waals surface area contributed by atoms with Crippen LogP contribution in [0.3, 0.4) is 0 Å². The van der Waals surface area contributed by atoms with Crippen molar-refractivity contribution in [3.05, 3.63) is 41.5 Å². The zero-order chi connectivity index (χ0) is 26.8. The van der Waals surface area contributed by atoms with Gasteiger partial charge in [-0.15, -0.1) is 0 Å². The molecule has 1 saturated carbocycles. The zero-order valence-corrected chi connectivity index (χ0v) is 22.7. The number of carbonyl (C=O) groups is 1. The minimum absolute atomic E-state index is 0.0372. The fraction of sp³-hybridized carbons (Fsp3) is 0.667. The number of carbonyl (C=O) groups excluding carboxylic acids is 1. The molecule has 1 aromatic rings. The molecule has 0 aromatic heterocycles. The summed E-state index contributed by atoms with van der Waals surface area (Å²) in [6, 6.07) is 5.46. The van der Waals surface area contributed by atoms with E-state index >= 15 is 0 Å². The fourth-order valence-electron chi connectivity index (χ4n) is 5.76. The summed E-state index contributed by atoms with van der Waals surface area (Å²) >= 11 is 0. The first-order valence-electron chi connectivity index (χ1n) is 12.9.